The minimum Gasteiger partial charge on any atom is -0.397 e. The van der Waals surface area contributed by atoms with Crippen molar-refractivity contribution in [3.8, 4) is 0 Å². The van der Waals surface area contributed by atoms with Gasteiger partial charge in [0, 0.05) is 13.1 Å². The molecule has 4 nitrogen and oxygen atoms in total. The van der Waals surface area contributed by atoms with E-state index in [9.17, 15) is 9.18 Å². The number of likely N-dealkylation sites (tertiary alicyclic amines) is 1. The zero-order valence-electron chi connectivity index (χ0n) is 10.4. The monoisotopic (exact) mass is 251 g/mol. The molecule has 1 fully saturated rings. The molecule has 1 aliphatic heterocycles. The Kier molecular flexibility index (Phi) is 3.69. The Bertz CT molecular complexity index is 444. The van der Waals surface area contributed by atoms with Gasteiger partial charge in [0.2, 0.25) is 5.91 Å². The van der Waals surface area contributed by atoms with E-state index in [1.807, 2.05) is 4.90 Å². The highest BCUT2D eigenvalue weighted by molar-refractivity contribution is 5.85. The second-order valence-corrected chi connectivity index (χ2v) is 4.63. The molecule has 0 aliphatic carbocycles. The number of hydrogen-bond donors (Lipinski definition) is 2. The first kappa shape index (κ1) is 12.7. The van der Waals surface area contributed by atoms with Gasteiger partial charge < -0.3 is 16.0 Å². The molecule has 0 bridgehead atoms. The van der Waals surface area contributed by atoms with Crippen molar-refractivity contribution in [2.45, 2.75) is 25.8 Å². The maximum atomic E-state index is 12.9. The van der Waals surface area contributed by atoms with Crippen molar-refractivity contribution in [2.24, 2.45) is 0 Å². The van der Waals surface area contributed by atoms with Crippen LogP contribution < -0.4 is 11.1 Å². The number of anilines is 2. The number of hydrogen-bond acceptors (Lipinski definition) is 3. The molecule has 1 saturated heterocycles. The third kappa shape index (κ3) is 2.72. The van der Waals surface area contributed by atoms with Gasteiger partial charge in [0.25, 0.3) is 0 Å². The fraction of sp³-hybridized carbons (Fsp3) is 0.462. The molecule has 1 amide bonds. The Balaban J connectivity index is 2.01. The Morgan fingerprint density at radius 2 is 2.11 bits per heavy atom. The molecule has 0 aromatic heterocycles. The lowest BCUT2D eigenvalue weighted by atomic mass is 10.2. The summed E-state index contributed by atoms with van der Waals surface area (Å²) in [5.41, 5.74) is 6.61. The molecule has 3 N–H and O–H groups in total. The number of rotatable bonds is 3. The number of halogens is 1. The Labute approximate surface area is 106 Å². The lowest BCUT2D eigenvalue weighted by Crippen LogP contribution is -2.39. The Hall–Kier alpha value is -1.78. The highest BCUT2D eigenvalue weighted by Crippen LogP contribution is 2.20. The molecule has 5 heteroatoms. The largest absolute Gasteiger partial charge is 0.397 e. The molecule has 1 aromatic carbocycles. The summed E-state index contributed by atoms with van der Waals surface area (Å²) in [7, 11) is 0. The Morgan fingerprint density at radius 3 is 2.72 bits per heavy atom. The van der Waals surface area contributed by atoms with Gasteiger partial charge in [-0.15, -0.1) is 0 Å². The summed E-state index contributed by atoms with van der Waals surface area (Å²) in [4.78, 5) is 13.9. The van der Waals surface area contributed by atoms with Crippen LogP contribution in [-0.2, 0) is 4.79 Å². The van der Waals surface area contributed by atoms with Crippen molar-refractivity contribution in [3.05, 3.63) is 24.0 Å². The minimum absolute atomic E-state index is 0.0659. The zero-order valence-corrected chi connectivity index (χ0v) is 10.4. The van der Waals surface area contributed by atoms with Crippen molar-refractivity contribution in [1.82, 2.24) is 4.90 Å². The molecule has 1 atom stereocenters. The average Bonchev–Trinajstić information content (AvgIpc) is 2.85. The van der Waals surface area contributed by atoms with Crippen LogP contribution in [0.4, 0.5) is 15.8 Å². The summed E-state index contributed by atoms with van der Waals surface area (Å²) >= 11 is 0. The molecule has 1 heterocycles. The number of nitrogens with one attached hydrogen (secondary N) is 1. The fourth-order valence-electron chi connectivity index (χ4n) is 2.17. The van der Waals surface area contributed by atoms with Crippen LogP contribution >= 0.6 is 0 Å². The molecule has 0 spiro atoms. The number of nitrogen functional groups attached to an aromatic ring is 1. The minimum atomic E-state index is -0.378. The summed E-state index contributed by atoms with van der Waals surface area (Å²) in [5, 5.41) is 3.03. The molecular formula is C13H18FN3O. The van der Waals surface area contributed by atoms with Crippen LogP contribution in [0.5, 0.6) is 0 Å². The third-order valence-electron chi connectivity index (χ3n) is 3.17. The van der Waals surface area contributed by atoms with Crippen LogP contribution in [0.2, 0.25) is 0 Å². The lowest BCUT2D eigenvalue weighted by Gasteiger charge is -2.22. The molecule has 98 valence electrons. The number of nitrogens with two attached hydrogens (primary N) is 1. The van der Waals surface area contributed by atoms with Crippen molar-refractivity contribution >= 4 is 17.3 Å². The zero-order chi connectivity index (χ0) is 13.1. The van der Waals surface area contributed by atoms with Crippen molar-refractivity contribution in [2.75, 3.05) is 24.1 Å². The molecular weight excluding hydrogens is 233 g/mol. The molecule has 18 heavy (non-hydrogen) atoms. The molecule has 1 unspecified atom stereocenters. The van der Waals surface area contributed by atoms with Crippen LogP contribution in [0.15, 0.2) is 18.2 Å². The maximum absolute atomic E-state index is 12.9. The molecule has 0 saturated carbocycles. The van der Waals surface area contributed by atoms with Crippen molar-refractivity contribution in [3.63, 3.8) is 0 Å². The average molecular weight is 251 g/mol. The van der Waals surface area contributed by atoms with Gasteiger partial charge in [-0.05, 0) is 38.0 Å². The first-order chi connectivity index (χ1) is 8.58. The maximum Gasteiger partial charge on any atom is 0.244 e. The van der Waals surface area contributed by atoms with E-state index >= 15 is 0 Å². The summed E-state index contributed by atoms with van der Waals surface area (Å²) < 4.78 is 12.9. The van der Waals surface area contributed by atoms with Gasteiger partial charge in [-0.2, -0.15) is 0 Å². The smallest absolute Gasteiger partial charge is 0.244 e. The molecule has 0 radical (unpaired) electrons. The number of nitrogens with zero attached hydrogens (tertiary/aromatic N) is 1. The summed E-state index contributed by atoms with van der Waals surface area (Å²) in [5.74, 6) is -0.312. The van der Waals surface area contributed by atoms with Crippen LogP contribution in [0.1, 0.15) is 19.8 Å². The number of benzene rings is 1. The van der Waals surface area contributed by atoms with Crippen LogP contribution in [0.25, 0.3) is 0 Å². The highest BCUT2D eigenvalue weighted by Gasteiger charge is 2.23. The summed E-state index contributed by atoms with van der Waals surface area (Å²) in [6.45, 7) is 3.44. The second kappa shape index (κ2) is 5.25. The Morgan fingerprint density at radius 1 is 1.44 bits per heavy atom. The van der Waals surface area contributed by atoms with Crippen molar-refractivity contribution < 1.29 is 9.18 Å². The van der Waals surface area contributed by atoms with Crippen molar-refractivity contribution in [1.29, 1.82) is 0 Å². The van der Waals surface area contributed by atoms with E-state index in [4.69, 9.17) is 5.73 Å². The van der Waals surface area contributed by atoms with Gasteiger partial charge in [-0.3, -0.25) is 4.79 Å². The van der Waals surface area contributed by atoms with Gasteiger partial charge >= 0.3 is 0 Å². The van der Waals surface area contributed by atoms with Gasteiger partial charge in [0.05, 0.1) is 11.4 Å². The van der Waals surface area contributed by atoms with E-state index in [-0.39, 0.29) is 17.8 Å². The number of amides is 1. The fourth-order valence-corrected chi connectivity index (χ4v) is 2.17. The van der Waals surface area contributed by atoms with Gasteiger partial charge in [0.1, 0.15) is 11.9 Å². The third-order valence-corrected chi connectivity index (χ3v) is 3.17. The van der Waals surface area contributed by atoms with Crippen LogP contribution in [0.3, 0.4) is 0 Å². The normalized spacial score (nSPS) is 16.7. The highest BCUT2D eigenvalue weighted by atomic mass is 19.1. The van der Waals surface area contributed by atoms with Gasteiger partial charge in [0.15, 0.2) is 0 Å². The molecule has 1 aliphatic rings. The summed E-state index contributed by atoms with van der Waals surface area (Å²) in [6.07, 6.45) is 2.13. The SMILES string of the molecule is CC(Nc1ccc(F)cc1N)C(=O)N1CCCC1. The van der Waals surface area contributed by atoms with E-state index < -0.39 is 0 Å². The van der Waals surface area contributed by atoms with Crippen LogP contribution in [-0.4, -0.2) is 29.9 Å². The van der Waals surface area contributed by atoms with E-state index in [2.05, 4.69) is 5.32 Å². The van der Waals surface area contributed by atoms with Gasteiger partial charge in [-0.1, -0.05) is 0 Å². The standard InChI is InChI=1S/C13H18FN3O/c1-9(13(18)17-6-2-3-7-17)16-12-5-4-10(14)8-11(12)15/h4-5,8-9,16H,2-3,6-7,15H2,1H3. The van der Waals surface area contributed by atoms with E-state index in [0.717, 1.165) is 25.9 Å². The summed E-state index contributed by atoms with van der Waals surface area (Å²) in [6, 6.07) is 3.77. The first-order valence-corrected chi connectivity index (χ1v) is 6.18. The number of carbonyl (C=O) groups is 1. The predicted octanol–water partition coefficient (Wildman–Crippen LogP) is 1.83. The van der Waals surface area contributed by atoms with Gasteiger partial charge in [-0.25, -0.2) is 4.39 Å². The van der Waals surface area contributed by atoms with E-state index in [0.29, 0.717) is 11.4 Å². The topological polar surface area (TPSA) is 58.4 Å². The van der Waals surface area contributed by atoms with E-state index in [1.165, 1.54) is 12.1 Å². The number of carbonyl (C=O) groups excluding carboxylic acids is 1. The molecule has 1 aromatic rings. The molecule has 2 rings (SSSR count). The van der Waals surface area contributed by atoms with Crippen LogP contribution in [0, 0.1) is 5.82 Å². The quantitative estimate of drug-likeness (QED) is 0.806. The first-order valence-electron chi connectivity index (χ1n) is 6.18. The second-order valence-electron chi connectivity index (χ2n) is 4.63. The van der Waals surface area contributed by atoms with E-state index in [1.54, 1.807) is 13.0 Å². The lowest BCUT2D eigenvalue weighted by molar-refractivity contribution is -0.130. The predicted molar refractivity (Wildman–Crippen MR) is 69.7 cm³/mol.